The van der Waals surface area contributed by atoms with Crippen LogP contribution < -0.4 is 5.32 Å². The molecular weight excluding hydrogens is 404 g/mol. The third kappa shape index (κ3) is 7.75. The molecular formula is C23H29ClN2O2S. The highest BCUT2D eigenvalue weighted by molar-refractivity contribution is 8.00. The van der Waals surface area contributed by atoms with Gasteiger partial charge in [0.05, 0.1) is 5.75 Å². The summed E-state index contributed by atoms with van der Waals surface area (Å²) < 4.78 is 0. The van der Waals surface area contributed by atoms with Crippen LogP contribution >= 0.6 is 23.4 Å². The predicted octanol–water partition coefficient (Wildman–Crippen LogP) is 5.07. The molecule has 2 amide bonds. The Morgan fingerprint density at radius 1 is 1.14 bits per heavy atom. The van der Waals surface area contributed by atoms with Gasteiger partial charge in [-0.3, -0.25) is 9.59 Å². The largest absolute Gasteiger partial charge is 0.350 e. The van der Waals surface area contributed by atoms with Gasteiger partial charge >= 0.3 is 0 Å². The first-order valence-electron chi connectivity index (χ1n) is 9.60. The summed E-state index contributed by atoms with van der Waals surface area (Å²) in [7, 11) is 0. The molecule has 0 radical (unpaired) electrons. The summed E-state index contributed by atoms with van der Waals surface area (Å²) in [4.78, 5) is 28.4. The highest BCUT2D eigenvalue weighted by Crippen LogP contribution is 2.22. The zero-order valence-corrected chi connectivity index (χ0v) is 19.2. The second-order valence-corrected chi connectivity index (χ2v) is 9.65. The number of thioether (sulfide) groups is 1. The molecule has 0 aromatic heterocycles. The molecule has 1 unspecified atom stereocenters. The maximum absolute atomic E-state index is 13.1. The first kappa shape index (κ1) is 23.3. The maximum Gasteiger partial charge on any atom is 0.242 e. The van der Waals surface area contributed by atoms with Crippen LogP contribution in [0.25, 0.3) is 0 Å². The lowest BCUT2D eigenvalue weighted by atomic mass is 10.1. The number of amides is 2. The molecule has 0 saturated carbocycles. The third-order valence-corrected chi connectivity index (χ3v) is 5.53. The number of rotatable bonds is 7. The highest BCUT2D eigenvalue weighted by atomic mass is 35.5. The number of carbonyl (C=O) groups excluding carboxylic acids is 2. The lowest BCUT2D eigenvalue weighted by molar-refractivity contribution is -0.139. The van der Waals surface area contributed by atoms with Gasteiger partial charge in [-0.05, 0) is 64.4 Å². The lowest BCUT2D eigenvalue weighted by Crippen LogP contribution is -2.52. The highest BCUT2D eigenvalue weighted by Gasteiger charge is 2.28. The molecule has 156 valence electrons. The van der Waals surface area contributed by atoms with Crippen LogP contribution in [-0.4, -0.2) is 34.0 Å². The van der Waals surface area contributed by atoms with E-state index in [4.69, 9.17) is 11.6 Å². The van der Waals surface area contributed by atoms with E-state index < -0.39 is 6.04 Å². The van der Waals surface area contributed by atoms with Crippen molar-refractivity contribution in [1.82, 2.24) is 10.2 Å². The van der Waals surface area contributed by atoms with Crippen molar-refractivity contribution >= 4 is 35.2 Å². The number of hydrogen-bond donors (Lipinski definition) is 1. The maximum atomic E-state index is 13.1. The monoisotopic (exact) mass is 432 g/mol. The fourth-order valence-corrected chi connectivity index (χ4v) is 3.73. The fourth-order valence-electron chi connectivity index (χ4n) is 2.82. The number of carbonyl (C=O) groups is 2. The molecule has 0 aliphatic heterocycles. The number of hydrogen-bond acceptors (Lipinski definition) is 3. The third-order valence-electron chi connectivity index (χ3n) is 4.28. The van der Waals surface area contributed by atoms with E-state index in [1.165, 1.54) is 11.8 Å². The van der Waals surface area contributed by atoms with Crippen LogP contribution in [0.1, 0.15) is 38.8 Å². The molecule has 0 aliphatic rings. The topological polar surface area (TPSA) is 49.4 Å². The number of nitrogens with one attached hydrogen (secondary N) is 1. The summed E-state index contributed by atoms with van der Waals surface area (Å²) in [5, 5.41) is 3.64. The summed E-state index contributed by atoms with van der Waals surface area (Å²) in [5.41, 5.74) is 1.77. The van der Waals surface area contributed by atoms with Crippen molar-refractivity contribution in [2.75, 3.05) is 5.75 Å². The van der Waals surface area contributed by atoms with E-state index in [1.807, 2.05) is 64.1 Å². The van der Waals surface area contributed by atoms with Crippen molar-refractivity contribution in [2.45, 2.75) is 57.6 Å². The number of halogens is 1. The summed E-state index contributed by atoms with van der Waals surface area (Å²) in [5.74, 6) is 0.0126. The molecule has 4 nitrogen and oxygen atoms in total. The molecule has 2 aromatic carbocycles. The molecule has 0 bridgehead atoms. The van der Waals surface area contributed by atoms with Crippen LogP contribution in [0.15, 0.2) is 53.4 Å². The first-order chi connectivity index (χ1) is 13.5. The second-order valence-electron chi connectivity index (χ2n) is 8.17. The molecule has 0 spiro atoms. The number of aryl methyl sites for hydroxylation is 1. The van der Waals surface area contributed by atoms with Crippen LogP contribution in [0, 0.1) is 6.92 Å². The zero-order valence-electron chi connectivity index (χ0n) is 17.7. The normalized spacial score (nSPS) is 12.3. The Kier molecular flexibility index (Phi) is 8.17. The molecule has 0 heterocycles. The quantitative estimate of drug-likeness (QED) is 0.621. The van der Waals surface area contributed by atoms with Crippen LogP contribution in [0.4, 0.5) is 0 Å². The SMILES string of the molecule is Cc1cccc(CN(C(=O)CSc2ccc(Cl)cc2)C(C)C(=O)NC(C)(C)C)c1. The number of nitrogens with zero attached hydrogens (tertiary/aromatic N) is 1. The van der Waals surface area contributed by atoms with Gasteiger partial charge in [0.2, 0.25) is 11.8 Å². The van der Waals surface area contributed by atoms with E-state index in [1.54, 1.807) is 24.0 Å². The van der Waals surface area contributed by atoms with Gasteiger partial charge < -0.3 is 10.2 Å². The van der Waals surface area contributed by atoms with Crippen LogP contribution in [0.2, 0.25) is 5.02 Å². The van der Waals surface area contributed by atoms with Gasteiger partial charge in [-0.2, -0.15) is 0 Å². The van der Waals surface area contributed by atoms with Crippen LogP contribution in [0.3, 0.4) is 0 Å². The Balaban J connectivity index is 2.16. The smallest absolute Gasteiger partial charge is 0.242 e. The van der Waals surface area contributed by atoms with Gasteiger partial charge in [-0.25, -0.2) is 0 Å². The molecule has 6 heteroatoms. The van der Waals surface area contributed by atoms with Crippen molar-refractivity contribution in [2.24, 2.45) is 0 Å². The van der Waals surface area contributed by atoms with E-state index in [0.717, 1.165) is 16.0 Å². The predicted molar refractivity (Wildman–Crippen MR) is 121 cm³/mol. The molecule has 29 heavy (non-hydrogen) atoms. The van der Waals surface area contributed by atoms with Crippen molar-refractivity contribution in [3.05, 3.63) is 64.7 Å². The average molecular weight is 433 g/mol. The van der Waals surface area contributed by atoms with Crippen molar-refractivity contribution in [1.29, 1.82) is 0 Å². The lowest BCUT2D eigenvalue weighted by Gasteiger charge is -2.31. The molecule has 0 fully saturated rings. The van der Waals surface area contributed by atoms with Gasteiger partial charge in [0.15, 0.2) is 0 Å². The Hall–Kier alpha value is -1.98. The minimum Gasteiger partial charge on any atom is -0.350 e. The minimum atomic E-state index is -0.576. The van der Waals surface area contributed by atoms with E-state index in [0.29, 0.717) is 11.6 Å². The standard InChI is InChI=1S/C23H29ClN2O2S/c1-16-7-6-8-18(13-16)14-26(17(2)22(28)25-23(3,4)5)21(27)15-29-20-11-9-19(24)10-12-20/h6-13,17H,14-15H2,1-5H3,(H,25,28). The second kappa shape index (κ2) is 10.2. The fraction of sp³-hybridized carbons (Fsp3) is 0.391. The van der Waals surface area contributed by atoms with Gasteiger partial charge in [-0.15, -0.1) is 11.8 Å². The molecule has 0 aliphatic carbocycles. The first-order valence-corrected chi connectivity index (χ1v) is 11.0. The van der Waals surface area contributed by atoms with Crippen molar-refractivity contribution < 1.29 is 9.59 Å². The van der Waals surface area contributed by atoms with Crippen LogP contribution in [-0.2, 0) is 16.1 Å². The van der Waals surface area contributed by atoms with Gasteiger partial charge in [-0.1, -0.05) is 41.4 Å². The summed E-state index contributed by atoms with van der Waals surface area (Å²) >= 11 is 7.37. The summed E-state index contributed by atoms with van der Waals surface area (Å²) in [6.07, 6.45) is 0. The van der Waals surface area contributed by atoms with Crippen LogP contribution in [0.5, 0.6) is 0 Å². The Morgan fingerprint density at radius 2 is 1.79 bits per heavy atom. The van der Waals surface area contributed by atoms with Gasteiger partial charge in [0.25, 0.3) is 0 Å². The number of benzene rings is 2. The minimum absolute atomic E-state index is 0.0805. The summed E-state index contributed by atoms with van der Waals surface area (Å²) in [6, 6.07) is 14.8. The average Bonchev–Trinajstić information content (AvgIpc) is 2.63. The van der Waals surface area contributed by atoms with E-state index in [-0.39, 0.29) is 23.1 Å². The Labute approximate surface area is 183 Å². The molecule has 2 rings (SSSR count). The van der Waals surface area contributed by atoms with E-state index >= 15 is 0 Å². The van der Waals surface area contributed by atoms with Gasteiger partial charge in [0.1, 0.15) is 6.04 Å². The van der Waals surface area contributed by atoms with Gasteiger partial charge in [0, 0.05) is 22.0 Å². The zero-order chi connectivity index (χ0) is 21.6. The Bertz CT molecular complexity index is 847. The Morgan fingerprint density at radius 3 is 2.38 bits per heavy atom. The molecule has 2 aromatic rings. The molecule has 1 atom stereocenters. The van der Waals surface area contributed by atoms with Crippen molar-refractivity contribution in [3.63, 3.8) is 0 Å². The van der Waals surface area contributed by atoms with Crippen molar-refractivity contribution in [3.8, 4) is 0 Å². The molecule has 0 saturated heterocycles. The molecule has 1 N–H and O–H groups in total. The van der Waals surface area contributed by atoms with E-state index in [2.05, 4.69) is 5.32 Å². The van der Waals surface area contributed by atoms with E-state index in [9.17, 15) is 9.59 Å². The summed E-state index contributed by atoms with van der Waals surface area (Å²) in [6.45, 7) is 9.98.